The molecule has 8 heteroatoms. The molecule has 0 saturated heterocycles. The zero-order valence-corrected chi connectivity index (χ0v) is 30.7. The summed E-state index contributed by atoms with van der Waals surface area (Å²) in [6, 6.07) is 4.61. The number of carbonyl (C=O) groups is 1. The zero-order chi connectivity index (χ0) is 34.9. The van der Waals surface area contributed by atoms with Gasteiger partial charge in [0.05, 0.1) is 17.7 Å². The normalized spacial score (nSPS) is 19.7. The minimum Gasteiger partial charge on any atom is -0.465 e. The number of aryl methyl sites for hydroxylation is 2. The van der Waals surface area contributed by atoms with E-state index < -0.39 is 5.41 Å². The summed E-state index contributed by atoms with van der Waals surface area (Å²) in [6.45, 7) is 9.35. The zero-order valence-electron chi connectivity index (χ0n) is 30.7. The molecule has 0 radical (unpaired) electrons. The van der Waals surface area contributed by atoms with Crippen LogP contribution in [0.2, 0.25) is 0 Å². The minimum atomic E-state index is -0.536. The molecule has 5 rings (SSSR count). The van der Waals surface area contributed by atoms with Gasteiger partial charge in [-0.15, -0.1) is 0 Å². The molecule has 2 aliphatic rings. The van der Waals surface area contributed by atoms with Crippen LogP contribution in [0.15, 0.2) is 27.5 Å². The summed E-state index contributed by atoms with van der Waals surface area (Å²) in [5, 5.41) is 5.22. The van der Waals surface area contributed by atoms with E-state index >= 15 is 0 Å². The lowest BCUT2D eigenvalue weighted by atomic mass is 9.67. The number of fused-ring (bicyclic) bond motifs is 2. The molecule has 3 heterocycles. The van der Waals surface area contributed by atoms with Gasteiger partial charge in [-0.25, -0.2) is 9.37 Å². The SMILES string of the molecule is CCCCCCCCCCCCC(C)(C)C(=O)OCC1(CCc2c(C)nc3n(c2=O)CCCC3)CCC(c2noc3cc(F)ccc23)CC1. The van der Waals surface area contributed by atoms with Gasteiger partial charge in [-0.05, 0) is 90.7 Å². The maximum Gasteiger partial charge on any atom is 0.311 e. The molecule has 0 N–H and O–H groups in total. The summed E-state index contributed by atoms with van der Waals surface area (Å²) in [6.07, 6.45) is 21.3. The van der Waals surface area contributed by atoms with Gasteiger partial charge in [-0.1, -0.05) is 76.3 Å². The van der Waals surface area contributed by atoms with Crippen molar-refractivity contribution in [2.45, 2.75) is 169 Å². The van der Waals surface area contributed by atoms with Crippen LogP contribution in [-0.2, 0) is 28.9 Å². The van der Waals surface area contributed by atoms with E-state index in [1.54, 1.807) is 6.07 Å². The number of aromatic nitrogens is 3. The number of rotatable bonds is 18. The van der Waals surface area contributed by atoms with Crippen LogP contribution in [0.3, 0.4) is 0 Å². The molecule has 1 aliphatic heterocycles. The molecule has 49 heavy (non-hydrogen) atoms. The fourth-order valence-electron chi connectivity index (χ4n) is 8.17. The van der Waals surface area contributed by atoms with Gasteiger partial charge in [0.15, 0.2) is 5.58 Å². The van der Waals surface area contributed by atoms with E-state index in [0.717, 1.165) is 105 Å². The number of esters is 1. The largest absolute Gasteiger partial charge is 0.465 e. The highest BCUT2D eigenvalue weighted by Gasteiger charge is 2.40. The molecule has 1 fully saturated rings. The van der Waals surface area contributed by atoms with Gasteiger partial charge in [0.2, 0.25) is 0 Å². The second-order valence-corrected chi connectivity index (χ2v) is 15.9. The van der Waals surface area contributed by atoms with Crippen LogP contribution in [0.4, 0.5) is 4.39 Å². The van der Waals surface area contributed by atoms with Crippen molar-refractivity contribution in [2.75, 3.05) is 6.61 Å². The third-order valence-corrected chi connectivity index (χ3v) is 11.6. The molecular weight excluding hydrogens is 617 g/mol. The highest BCUT2D eigenvalue weighted by molar-refractivity contribution is 5.80. The number of nitrogens with zero attached hydrogens (tertiary/aromatic N) is 3. The molecule has 1 aromatic carbocycles. The summed E-state index contributed by atoms with van der Waals surface area (Å²) >= 11 is 0. The molecule has 0 bridgehead atoms. The first-order chi connectivity index (χ1) is 23.6. The van der Waals surface area contributed by atoms with Crippen molar-refractivity contribution in [3.63, 3.8) is 0 Å². The quantitative estimate of drug-likeness (QED) is 0.0984. The lowest BCUT2D eigenvalue weighted by Crippen LogP contribution is -2.37. The Morgan fingerprint density at radius 3 is 2.45 bits per heavy atom. The van der Waals surface area contributed by atoms with Gasteiger partial charge >= 0.3 is 5.97 Å². The first-order valence-corrected chi connectivity index (χ1v) is 19.4. The predicted octanol–water partition coefficient (Wildman–Crippen LogP) is 10.3. The van der Waals surface area contributed by atoms with Crippen LogP contribution in [0.25, 0.3) is 11.0 Å². The summed E-state index contributed by atoms with van der Waals surface area (Å²) < 4.78 is 27.4. The van der Waals surface area contributed by atoms with Crippen LogP contribution in [0.1, 0.15) is 165 Å². The maximum atomic E-state index is 13.8. The van der Waals surface area contributed by atoms with E-state index in [0.29, 0.717) is 18.6 Å². The van der Waals surface area contributed by atoms with Crippen molar-refractivity contribution in [1.29, 1.82) is 0 Å². The summed E-state index contributed by atoms with van der Waals surface area (Å²) in [4.78, 5) is 32.0. The molecule has 0 spiro atoms. The third kappa shape index (κ3) is 9.61. The average Bonchev–Trinajstić information content (AvgIpc) is 3.51. The number of halogens is 1. The molecule has 1 saturated carbocycles. The number of carbonyl (C=O) groups excluding carboxylic acids is 1. The summed E-state index contributed by atoms with van der Waals surface area (Å²) in [7, 11) is 0. The maximum absolute atomic E-state index is 13.8. The van der Waals surface area contributed by atoms with Crippen molar-refractivity contribution in [2.24, 2.45) is 10.8 Å². The highest BCUT2D eigenvalue weighted by Crippen LogP contribution is 2.47. The van der Waals surface area contributed by atoms with Crippen molar-refractivity contribution in [3.05, 3.63) is 57.1 Å². The van der Waals surface area contributed by atoms with Crippen LogP contribution in [0.5, 0.6) is 0 Å². The Morgan fingerprint density at radius 1 is 1.04 bits per heavy atom. The Hall–Kier alpha value is -3.03. The molecule has 3 aromatic rings. The highest BCUT2D eigenvalue weighted by atomic mass is 19.1. The van der Waals surface area contributed by atoms with E-state index in [2.05, 4.69) is 12.1 Å². The van der Waals surface area contributed by atoms with Crippen molar-refractivity contribution in [1.82, 2.24) is 14.7 Å². The summed E-state index contributed by atoms with van der Waals surface area (Å²) in [5.41, 5.74) is 2.30. The van der Waals surface area contributed by atoms with Crippen LogP contribution in [0, 0.1) is 23.6 Å². The molecule has 0 amide bonds. The molecule has 1 aliphatic carbocycles. The second-order valence-electron chi connectivity index (χ2n) is 15.9. The van der Waals surface area contributed by atoms with Crippen molar-refractivity contribution in [3.8, 4) is 0 Å². The number of hydrogen-bond donors (Lipinski definition) is 0. The number of benzene rings is 1. The fourth-order valence-corrected chi connectivity index (χ4v) is 8.17. The molecular formula is C41H60FN3O4. The number of hydrogen-bond acceptors (Lipinski definition) is 6. The first-order valence-electron chi connectivity index (χ1n) is 19.4. The Balaban J connectivity index is 1.20. The standard InChI is InChI=1S/C41H60FN3O4/c1-5-6-7-8-9-10-11-12-13-15-23-40(3,4)39(47)48-29-41(26-22-33-30(2)43-36-17-14-16-27-45(36)38(33)46)24-20-31(21-25-41)37-34-19-18-32(42)28-35(34)49-44-37/h18-19,28,31H,5-17,20-27,29H2,1-4H3. The van der Waals surface area contributed by atoms with Gasteiger partial charge < -0.3 is 9.26 Å². The Bertz CT molecular complexity index is 1580. The molecule has 7 nitrogen and oxygen atoms in total. The molecule has 270 valence electrons. The van der Waals surface area contributed by atoms with Gasteiger partial charge in [0.25, 0.3) is 5.56 Å². The van der Waals surface area contributed by atoms with E-state index in [9.17, 15) is 14.0 Å². The first kappa shape index (κ1) is 37.2. The Kier molecular flexibility index (Phi) is 13.1. The second kappa shape index (κ2) is 17.3. The molecule has 0 atom stereocenters. The average molecular weight is 678 g/mol. The Labute approximate surface area is 292 Å². The van der Waals surface area contributed by atoms with E-state index in [1.807, 2.05) is 25.3 Å². The fraction of sp³-hybridized carbons (Fsp3) is 0.707. The molecule has 2 aromatic heterocycles. The molecule has 0 unspecified atom stereocenters. The lowest BCUT2D eigenvalue weighted by Gasteiger charge is -2.40. The van der Waals surface area contributed by atoms with E-state index in [4.69, 9.17) is 14.2 Å². The van der Waals surface area contributed by atoms with Crippen molar-refractivity contribution < 1.29 is 18.4 Å². The van der Waals surface area contributed by atoms with Crippen LogP contribution >= 0.6 is 0 Å². The minimum absolute atomic E-state index is 0.0990. The van der Waals surface area contributed by atoms with Gasteiger partial charge in [0, 0.05) is 47.0 Å². The smallest absolute Gasteiger partial charge is 0.311 e. The van der Waals surface area contributed by atoms with Gasteiger partial charge in [-0.3, -0.25) is 14.2 Å². The van der Waals surface area contributed by atoms with Crippen LogP contribution in [-0.4, -0.2) is 27.3 Å². The van der Waals surface area contributed by atoms with Crippen molar-refractivity contribution >= 4 is 16.9 Å². The predicted molar refractivity (Wildman–Crippen MR) is 193 cm³/mol. The number of unbranched alkanes of at least 4 members (excludes halogenated alkanes) is 9. The lowest BCUT2D eigenvalue weighted by molar-refractivity contribution is -0.159. The summed E-state index contributed by atoms with van der Waals surface area (Å²) in [5.74, 6) is 0.631. The topological polar surface area (TPSA) is 87.2 Å². The van der Waals surface area contributed by atoms with Gasteiger partial charge in [0.1, 0.15) is 11.6 Å². The number of ether oxygens (including phenoxy) is 1. The monoisotopic (exact) mass is 677 g/mol. The van der Waals surface area contributed by atoms with E-state index in [1.165, 1.54) is 63.5 Å². The van der Waals surface area contributed by atoms with Gasteiger partial charge in [-0.2, -0.15) is 0 Å². The van der Waals surface area contributed by atoms with Crippen LogP contribution < -0.4 is 5.56 Å². The third-order valence-electron chi connectivity index (χ3n) is 11.6. The van der Waals surface area contributed by atoms with E-state index in [-0.39, 0.29) is 28.7 Å². The Morgan fingerprint density at radius 2 is 1.73 bits per heavy atom.